The molecular formula is C15H20N2O3. The van der Waals surface area contributed by atoms with Crippen molar-refractivity contribution in [3.8, 4) is 11.5 Å². The van der Waals surface area contributed by atoms with Gasteiger partial charge >= 0.3 is 0 Å². The van der Waals surface area contributed by atoms with Gasteiger partial charge in [0.15, 0.2) is 11.5 Å². The van der Waals surface area contributed by atoms with Crippen molar-refractivity contribution in [2.24, 2.45) is 11.7 Å². The lowest BCUT2D eigenvalue weighted by molar-refractivity contribution is -0.122. The Bertz CT molecular complexity index is 488. The van der Waals surface area contributed by atoms with Crippen LogP contribution in [0.5, 0.6) is 11.5 Å². The second kappa shape index (κ2) is 5.71. The van der Waals surface area contributed by atoms with Crippen LogP contribution in [0.4, 0.5) is 0 Å². The summed E-state index contributed by atoms with van der Waals surface area (Å²) >= 11 is 0. The highest BCUT2D eigenvalue weighted by atomic mass is 16.6. The minimum absolute atomic E-state index is 0.000694. The van der Waals surface area contributed by atoms with Gasteiger partial charge in [-0.2, -0.15) is 0 Å². The fourth-order valence-corrected chi connectivity index (χ4v) is 2.37. The molecule has 0 saturated heterocycles. The molecule has 0 bridgehead atoms. The van der Waals surface area contributed by atoms with Crippen molar-refractivity contribution in [1.29, 1.82) is 0 Å². The first-order chi connectivity index (χ1) is 9.72. The van der Waals surface area contributed by atoms with E-state index in [-0.39, 0.29) is 18.1 Å². The summed E-state index contributed by atoms with van der Waals surface area (Å²) in [5.41, 5.74) is 5.94. The molecule has 1 fully saturated rings. The van der Waals surface area contributed by atoms with Crippen LogP contribution in [0.15, 0.2) is 24.3 Å². The van der Waals surface area contributed by atoms with Gasteiger partial charge in [-0.05, 0) is 30.9 Å². The molecule has 1 aromatic carbocycles. The van der Waals surface area contributed by atoms with Crippen molar-refractivity contribution in [3.05, 3.63) is 24.3 Å². The van der Waals surface area contributed by atoms with Crippen LogP contribution in [0.25, 0.3) is 0 Å². The molecule has 3 N–H and O–H groups in total. The Kier molecular flexibility index (Phi) is 3.78. The van der Waals surface area contributed by atoms with Gasteiger partial charge in [-0.15, -0.1) is 0 Å². The molecule has 5 heteroatoms. The first kappa shape index (κ1) is 13.2. The Morgan fingerprint density at radius 2 is 2.10 bits per heavy atom. The normalized spacial score (nSPS) is 22.1. The van der Waals surface area contributed by atoms with Gasteiger partial charge in [0.1, 0.15) is 12.7 Å². The zero-order valence-corrected chi connectivity index (χ0v) is 11.4. The maximum Gasteiger partial charge on any atom is 0.221 e. The van der Waals surface area contributed by atoms with Gasteiger partial charge in [0.2, 0.25) is 5.91 Å². The Morgan fingerprint density at radius 3 is 2.85 bits per heavy atom. The first-order valence-corrected chi connectivity index (χ1v) is 7.13. The van der Waals surface area contributed by atoms with Crippen LogP contribution in [0.1, 0.15) is 19.3 Å². The minimum atomic E-state index is -0.147. The van der Waals surface area contributed by atoms with E-state index in [1.807, 2.05) is 24.3 Å². The summed E-state index contributed by atoms with van der Waals surface area (Å²) in [5.74, 6) is 2.02. The average Bonchev–Trinajstić information content (AvgIpc) is 3.29. The number of nitrogens with one attached hydrogen (secondary N) is 1. The van der Waals surface area contributed by atoms with Crippen molar-refractivity contribution >= 4 is 5.91 Å². The molecule has 1 aliphatic heterocycles. The van der Waals surface area contributed by atoms with Crippen molar-refractivity contribution in [1.82, 2.24) is 5.32 Å². The summed E-state index contributed by atoms with van der Waals surface area (Å²) in [6.07, 6.45) is 2.57. The van der Waals surface area contributed by atoms with Crippen LogP contribution >= 0.6 is 0 Å². The van der Waals surface area contributed by atoms with E-state index in [4.69, 9.17) is 15.2 Å². The number of rotatable bonds is 5. The van der Waals surface area contributed by atoms with Crippen LogP contribution in [-0.4, -0.2) is 31.2 Å². The number of benzene rings is 1. The van der Waals surface area contributed by atoms with E-state index >= 15 is 0 Å². The van der Waals surface area contributed by atoms with Gasteiger partial charge in [-0.25, -0.2) is 0 Å². The van der Waals surface area contributed by atoms with Crippen molar-refractivity contribution in [2.45, 2.75) is 31.4 Å². The molecular weight excluding hydrogens is 256 g/mol. The molecule has 0 aromatic heterocycles. The molecule has 108 valence electrons. The molecule has 3 rings (SSSR count). The largest absolute Gasteiger partial charge is 0.486 e. The van der Waals surface area contributed by atoms with Crippen LogP contribution < -0.4 is 20.5 Å². The number of fused-ring (bicyclic) bond motifs is 1. The van der Waals surface area contributed by atoms with Gasteiger partial charge in [0, 0.05) is 12.5 Å². The number of ether oxygens (including phenoxy) is 2. The van der Waals surface area contributed by atoms with Crippen LogP contribution in [0, 0.1) is 5.92 Å². The summed E-state index contributed by atoms with van der Waals surface area (Å²) in [6, 6.07) is 7.55. The highest BCUT2D eigenvalue weighted by Gasteiger charge is 2.30. The quantitative estimate of drug-likeness (QED) is 0.843. The number of carbonyl (C=O) groups excluding carboxylic acids is 1. The third-order valence-electron chi connectivity index (χ3n) is 3.74. The third kappa shape index (κ3) is 3.22. The highest BCUT2D eigenvalue weighted by Crippen LogP contribution is 2.33. The summed E-state index contributed by atoms with van der Waals surface area (Å²) in [7, 11) is 0. The maximum absolute atomic E-state index is 11.8. The number of amides is 1. The van der Waals surface area contributed by atoms with Gasteiger partial charge in [-0.1, -0.05) is 12.1 Å². The molecule has 0 radical (unpaired) electrons. The number of para-hydroxylation sites is 2. The molecule has 2 unspecified atom stereocenters. The topological polar surface area (TPSA) is 73.6 Å². The summed E-state index contributed by atoms with van der Waals surface area (Å²) in [6.45, 7) is 0.899. The molecule has 2 atom stereocenters. The van der Waals surface area contributed by atoms with Crippen LogP contribution in [0.2, 0.25) is 0 Å². The SMILES string of the molecule is NC(CC(=O)NCC1COc2ccccc2O1)C1CC1. The average molecular weight is 276 g/mol. The zero-order chi connectivity index (χ0) is 13.9. The van der Waals surface area contributed by atoms with Crippen LogP contribution in [0.3, 0.4) is 0 Å². The van der Waals surface area contributed by atoms with E-state index in [1.165, 1.54) is 0 Å². The molecule has 0 spiro atoms. The predicted molar refractivity (Wildman–Crippen MR) is 74.7 cm³/mol. The smallest absolute Gasteiger partial charge is 0.221 e. The Morgan fingerprint density at radius 1 is 1.35 bits per heavy atom. The number of hydrogen-bond acceptors (Lipinski definition) is 4. The Labute approximate surface area is 118 Å². The Balaban J connectivity index is 1.44. The molecule has 1 aromatic rings. The number of hydrogen-bond donors (Lipinski definition) is 2. The monoisotopic (exact) mass is 276 g/mol. The van der Waals surface area contributed by atoms with Gasteiger partial charge in [-0.3, -0.25) is 4.79 Å². The molecule has 20 heavy (non-hydrogen) atoms. The van der Waals surface area contributed by atoms with Crippen molar-refractivity contribution < 1.29 is 14.3 Å². The molecule has 2 aliphatic rings. The predicted octanol–water partition coefficient (Wildman–Crippen LogP) is 1.07. The molecule has 1 aliphatic carbocycles. The second-order valence-corrected chi connectivity index (χ2v) is 5.51. The third-order valence-corrected chi connectivity index (χ3v) is 3.74. The lowest BCUT2D eigenvalue weighted by atomic mass is 10.1. The molecule has 5 nitrogen and oxygen atoms in total. The van der Waals surface area contributed by atoms with E-state index in [2.05, 4.69) is 5.32 Å². The highest BCUT2D eigenvalue weighted by molar-refractivity contribution is 5.76. The van der Waals surface area contributed by atoms with E-state index in [0.29, 0.717) is 25.5 Å². The first-order valence-electron chi connectivity index (χ1n) is 7.13. The van der Waals surface area contributed by atoms with E-state index in [9.17, 15) is 4.79 Å². The van der Waals surface area contributed by atoms with E-state index < -0.39 is 0 Å². The lowest BCUT2D eigenvalue weighted by Gasteiger charge is -2.26. The molecule has 1 amide bonds. The van der Waals surface area contributed by atoms with E-state index in [1.54, 1.807) is 0 Å². The van der Waals surface area contributed by atoms with Crippen molar-refractivity contribution in [3.63, 3.8) is 0 Å². The molecule has 1 saturated carbocycles. The fraction of sp³-hybridized carbons (Fsp3) is 0.533. The van der Waals surface area contributed by atoms with Crippen molar-refractivity contribution in [2.75, 3.05) is 13.2 Å². The lowest BCUT2D eigenvalue weighted by Crippen LogP contribution is -2.42. The van der Waals surface area contributed by atoms with Gasteiger partial charge < -0.3 is 20.5 Å². The van der Waals surface area contributed by atoms with Gasteiger partial charge in [0.05, 0.1) is 6.54 Å². The minimum Gasteiger partial charge on any atom is -0.486 e. The summed E-state index contributed by atoms with van der Waals surface area (Å²) < 4.78 is 11.4. The van der Waals surface area contributed by atoms with Crippen LogP contribution in [-0.2, 0) is 4.79 Å². The number of nitrogens with two attached hydrogens (primary N) is 1. The number of carbonyl (C=O) groups is 1. The fourth-order valence-electron chi connectivity index (χ4n) is 2.37. The Hall–Kier alpha value is -1.75. The summed E-state index contributed by atoms with van der Waals surface area (Å²) in [4.78, 5) is 11.8. The van der Waals surface area contributed by atoms with Gasteiger partial charge in [0.25, 0.3) is 0 Å². The zero-order valence-electron chi connectivity index (χ0n) is 11.4. The summed E-state index contributed by atoms with van der Waals surface area (Å²) in [5, 5.41) is 2.87. The van der Waals surface area contributed by atoms with E-state index in [0.717, 1.165) is 24.3 Å². The second-order valence-electron chi connectivity index (χ2n) is 5.51. The maximum atomic E-state index is 11.8. The molecule has 1 heterocycles. The standard InChI is InChI=1S/C15H20N2O3/c16-12(10-5-6-10)7-15(18)17-8-11-9-19-13-3-1-2-4-14(13)20-11/h1-4,10-12H,5-9,16H2,(H,17,18).